The Hall–Kier alpha value is -1.06. The van der Waals surface area contributed by atoms with E-state index in [1.807, 2.05) is 25.7 Å². The van der Waals surface area contributed by atoms with E-state index in [1.165, 1.54) is 12.8 Å². The van der Waals surface area contributed by atoms with Gasteiger partial charge >= 0.3 is 0 Å². The Balaban J connectivity index is 2.20. The van der Waals surface area contributed by atoms with Crippen molar-refractivity contribution in [1.29, 1.82) is 0 Å². The number of carbonyl (C=O) groups excluding carboxylic acids is 2. The first kappa shape index (κ1) is 12.4. The normalized spacial score (nSPS) is 31.2. The molecule has 2 atom stereocenters. The predicted molar refractivity (Wildman–Crippen MR) is 65.3 cm³/mol. The summed E-state index contributed by atoms with van der Waals surface area (Å²) in [6, 6.07) is -0.357. The highest BCUT2D eigenvalue weighted by molar-refractivity contribution is 5.97. The van der Waals surface area contributed by atoms with Gasteiger partial charge in [0, 0.05) is 6.04 Å². The molecular weight excluding hydrogens is 216 g/mol. The third-order valence-electron chi connectivity index (χ3n) is 4.00. The molecular formula is C13H22N2O2. The molecule has 2 aliphatic rings. The molecule has 2 unspecified atom stereocenters. The van der Waals surface area contributed by atoms with Crippen molar-refractivity contribution in [2.24, 2.45) is 5.92 Å². The van der Waals surface area contributed by atoms with E-state index in [1.54, 1.807) is 0 Å². The molecule has 0 bridgehead atoms. The maximum atomic E-state index is 12.4. The Morgan fingerprint density at radius 3 is 2.35 bits per heavy atom. The molecule has 1 saturated heterocycles. The van der Waals surface area contributed by atoms with Crippen LogP contribution in [0.3, 0.4) is 0 Å². The van der Waals surface area contributed by atoms with Crippen molar-refractivity contribution in [2.75, 3.05) is 0 Å². The Morgan fingerprint density at radius 1 is 1.24 bits per heavy atom. The summed E-state index contributed by atoms with van der Waals surface area (Å²) in [7, 11) is 0. The zero-order chi connectivity index (χ0) is 12.6. The molecule has 0 aromatic rings. The molecule has 4 nitrogen and oxygen atoms in total. The van der Waals surface area contributed by atoms with Gasteiger partial charge in [-0.3, -0.25) is 9.59 Å². The highest BCUT2D eigenvalue weighted by Crippen LogP contribution is 2.28. The van der Waals surface area contributed by atoms with Crippen molar-refractivity contribution in [1.82, 2.24) is 10.2 Å². The van der Waals surface area contributed by atoms with Crippen LogP contribution < -0.4 is 5.32 Å². The summed E-state index contributed by atoms with van der Waals surface area (Å²) >= 11 is 0. The summed E-state index contributed by atoms with van der Waals surface area (Å²) in [6.45, 7) is 5.79. The minimum atomic E-state index is -0.334. The van der Waals surface area contributed by atoms with Crippen LogP contribution in [0.1, 0.15) is 46.5 Å². The zero-order valence-electron chi connectivity index (χ0n) is 10.9. The summed E-state index contributed by atoms with van der Waals surface area (Å²) < 4.78 is 0. The third-order valence-corrected chi connectivity index (χ3v) is 4.00. The van der Waals surface area contributed by atoms with Gasteiger partial charge < -0.3 is 10.2 Å². The molecule has 4 heteroatoms. The molecule has 1 heterocycles. The number of nitrogens with zero attached hydrogens (tertiary/aromatic N) is 1. The molecule has 0 aromatic heterocycles. The lowest BCUT2D eigenvalue weighted by Gasteiger charge is -2.42. The van der Waals surface area contributed by atoms with E-state index in [0.717, 1.165) is 12.8 Å². The third kappa shape index (κ3) is 2.17. The molecule has 2 fully saturated rings. The summed E-state index contributed by atoms with van der Waals surface area (Å²) in [5.74, 6) is 0.261. The van der Waals surface area contributed by atoms with E-state index in [4.69, 9.17) is 0 Å². The lowest BCUT2D eigenvalue weighted by atomic mass is 9.96. The van der Waals surface area contributed by atoms with Gasteiger partial charge in [-0.1, -0.05) is 26.7 Å². The summed E-state index contributed by atoms with van der Waals surface area (Å²) in [5.41, 5.74) is 0. The van der Waals surface area contributed by atoms with Crippen LogP contribution in [0.5, 0.6) is 0 Å². The van der Waals surface area contributed by atoms with Gasteiger partial charge in [0.05, 0.1) is 0 Å². The Bertz CT molecular complexity index is 321. The number of piperazine rings is 1. The molecule has 0 aromatic carbocycles. The number of carbonyl (C=O) groups is 2. The van der Waals surface area contributed by atoms with Crippen LogP contribution in [0.15, 0.2) is 0 Å². The fourth-order valence-electron chi connectivity index (χ4n) is 2.94. The molecule has 96 valence electrons. The molecule has 1 aliphatic carbocycles. The number of amides is 2. The van der Waals surface area contributed by atoms with Crippen LogP contribution in [-0.4, -0.2) is 34.8 Å². The van der Waals surface area contributed by atoms with Crippen LogP contribution in [0.25, 0.3) is 0 Å². The quantitative estimate of drug-likeness (QED) is 0.788. The first-order chi connectivity index (χ1) is 8.02. The van der Waals surface area contributed by atoms with E-state index in [-0.39, 0.29) is 35.9 Å². The van der Waals surface area contributed by atoms with E-state index >= 15 is 0 Å². The molecule has 17 heavy (non-hydrogen) atoms. The van der Waals surface area contributed by atoms with Crippen LogP contribution in [-0.2, 0) is 9.59 Å². The number of hydrogen-bond donors (Lipinski definition) is 1. The molecule has 2 amide bonds. The smallest absolute Gasteiger partial charge is 0.246 e. The maximum Gasteiger partial charge on any atom is 0.246 e. The first-order valence-corrected chi connectivity index (χ1v) is 6.65. The van der Waals surface area contributed by atoms with Crippen LogP contribution in [0.4, 0.5) is 0 Å². The number of hydrogen-bond acceptors (Lipinski definition) is 2. The molecule has 0 spiro atoms. The van der Waals surface area contributed by atoms with E-state index < -0.39 is 0 Å². The topological polar surface area (TPSA) is 49.4 Å². The van der Waals surface area contributed by atoms with E-state index in [2.05, 4.69) is 5.32 Å². The van der Waals surface area contributed by atoms with Gasteiger partial charge in [-0.05, 0) is 25.7 Å². The predicted octanol–water partition coefficient (Wildman–Crippen LogP) is 1.30. The lowest BCUT2D eigenvalue weighted by Crippen LogP contribution is -2.65. The average molecular weight is 238 g/mol. The average Bonchev–Trinajstić information content (AvgIpc) is 2.76. The number of rotatable bonds is 2. The minimum Gasteiger partial charge on any atom is -0.342 e. The second-order valence-corrected chi connectivity index (χ2v) is 5.59. The van der Waals surface area contributed by atoms with Gasteiger partial charge in [-0.15, -0.1) is 0 Å². The van der Waals surface area contributed by atoms with Crippen LogP contribution in [0, 0.1) is 5.92 Å². The fraction of sp³-hybridized carbons (Fsp3) is 0.846. The molecule has 1 N–H and O–H groups in total. The standard InChI is InChI=1S/C13H22N2O2/c1-8(2)11-13(17)15(9(3)12(16)14-11)10-6-4-5-7-10/h8-11H,4-7H2,1-3H3,(H,14,16). The first-order valence-electron chi connectivity index (χ1n) is 6.65. The Morgan fingerprint density at radius 2 is 1.82 bits per heavy atom. The van der Waals surface area contributed by atoms with E-state index in [0.29, 0.717) is 0 Å². The van der Waals surface area contributed by atoms with Crippen molar-refractivity contribution in [2.45, 2.75) is 64.6 Å². The largest absolute Gasteiger partial charge is 0.342 e. The van der Waals surface area contributed by atoms with Crippen molar-refractivity contribution in [3.8, 4) is 0 Å². The monoisotopic (exact) mass is 238 g/mol. The minimum absolute atomic E-state index is 0.00444. The van der Waals surface area contributed by atoms with Crippen molar-refractivity contribution in [3.63, 3.8) is 0 Å². The summed E-state index contributed by atoms with van der Waals surface area (Å²) in [6.07, 6.45) is 4.45. The van der Waals surface area contributed by atoms with Crippen LogP contribution in [0.2, 0.25) is 0 Å². The fourth-order valence-corrected chi connectivity index (χ4v) is 2.94. The molecule has 1 aliphatic heterocycles. The van der Waals surface area contributed by atoms with Gasteiger partial charge in [0.1, 0.15) is 12.1 Å². The SMILES string of the molecule is CC(C)C1NC(=O)C(C)N(C2CCCC2)C1=O. The second kappa shape index (κ2) is 4.67. The molecule has 2 rings (SSSR count). The molecule has 1 saturated carbocycles. The van der Waals surface area contributed by atoms with Crippen molar-refractivity contribution in [3.05, 3.63) is 0 Å². The highest BCUT2D eigenvalue weighted by atomic mass is 16.2. The summed E-state index contributed by atoms with van der Waals surface area (Å²) in [4.78, 5) is 26.2. The second-order valence-electron chi connectivity index (χ2n) is 5.59. The Labute approximate surface area is 103 Å². The Kier molecular flexibility index (Phi) is 3.40. The van der Waals surface area contributed by atoms with E-state index in [9.17, 15) is 9.59 Å². The van der Waals surface area contributed by atoms with Crippen molar-refractivity contribution < 1.29 is 9.59 Å². The van der Waals surface area contributed by atoms with Crippen LogP contribution >= 0.6 is 0 Å². The zero-order valence-corrected chi connectivity index (χ0v) is 10.9. The lowest BCUT2D eigenvalue weighted by molar-refractivity contribution is -0.152. The van der Waals surface area contributed by atoms with Gasteiger partial charge in [-0.25, -0.2) is 0 Å². The molecule has 0 radical (unpaired) electrons. The van der Waals surface area contributed by atoms with Gasteiger partial charge in [-0.2, -0.15) is 0 Å². The summed E-state index contributed by atoms with van der Waals surface area (Å²) in [5, 5.41) is 2.84. The highest BCUT2D eigenvalue weighted by Gasteiger charge is 2.42. The van der Waals surface area contributed by atoms with Gasteiger partial charge in [0.2, 0.25) is 11.8 Å². The van der Waals surface area contributed by atoms with Gasteiger partial charge in [0.15, 0.2) is 0 Å². The maximum absolute atomic E-state index is 12.4. The van der Waals surface area contributed by atoms with Crippen molar-refractivity contribution >= 4 is 11.8 Å². The number of nitrogens with one attached hydrogen (secondary N) is 1. The van der Waals surface area contributed by atoms with Gasteiger partial charge in [0.25, 0.3) is 0 Å².